The molecule has 2 aromatic rings. The van der Waals surface area contributed by atoms with Crippen LogP contribution in [0.4, 0.5) is 4.79 Å². The summed E-state index contributed by atoms with van der Waals surface area (Å²) in [5.41, 5.74) is 0.782. The minimum atomic E-state index is -1.49. The van der Waals surface area contributed by atoms with E-state index in [9.17, 15) is 14.7 Å². The molecule has 1 aliphatic rings. The smallest absolute Gasteiger partial charge is 0.408 e. The van der Waals surface area contributed by atoms with Crippen molar-refractivity contribution in [1.82, 2.24) is 5.32 Å². The lowest BCUT2D eigenvalue weighted by atomic mass is 9.76. The van der Waals surface area contributed by atoms with Crippen LogP contribution in [0.3, 0.4) is 0 Å². The molecule has 6 heteroatoms. The number of benzene rings is 2. The molecular weight excluding hydrogens is 334 g/mol. The van der Waals surface area contributed by atoms with Crippen molar-refractivity contribution in [1.29, 1.82) is 0 Å². The van der Waals surface area contributed by atoms with Crippen LogP contribution in [0.15, 0.2) is 48.5 Å². The van der Waals surface area contributed by atoms with Crippen LogP contribution in [-0.4, -0.2) is 24.3 Å². The van der Waals surface area contributed by atoms with Crippen molar-refractivity contribution in [2.75, 3.05) is 7.11 Å². The predicted molar refractivity (Wildman–Crippen MR) is 95.0 cm³/mol. The fourth-order valence-electron chi connectivity index (χ4n) is 3.34. The number of fused-ring (bicyclic) bond motifs is 1. The van der Waals surface area contributed by atoms with Crippen LogP contribution in [0.1, 0.15) is 29.5 Å². The van der Waals surface area contributed by atoms with Gasteiger partial charge in [-0.2, -0.15) is 0 Å². The lowest BCUT2D eigenvalue weighted by molar-refractivity contribution is -0.146. The molecule has 6 nitrogen and oxygen atoms in total. The quantitative estimate of drug-likeness (QED) is 0.860. The third-order valence-electron chi connectivity index (χ3n) is 4.66. The maximum atomic E-state index is 12.3. The van der Waals surface area contributed by atoms with Crippen LogP contribution in [0.25, 0.3) is 0 Å². The largest absolute Gasteiger partial charge is 0.497 e. The molecule has 0 heterocycles. The van der Waals surface area contributed by atoms with Gasteiger partial charge >= 0.3 is 12.1 Å². The average molecular weight is 355 g/mol. The Morgan fingerprint density at radius 2 is 1.96 bits per heavy atom. The molecule has 0 aromatic heterocycles. The van der Waals surface area contributed by atoms with Gasteiger partial charge in [-0.25, -0.2) is 9.59 Å². The van der Waals surface area contributed by atoms with Crippen molar-refractivity contribution in [2.24, 2.45) is 0 Å². The van der Waals surface area contributed by atoms with E-state index in [2.05, 4.69) is 5.32 Å². The van der Waals surface area contributed by atoms with E-state index in [0.29, 0.717) is 24.2 Å². The van der Waals surface area contributed by atoms with E-state index in [1.165, 1.54) is 0 Å². The molecule has 1 amide bonds. The zero-order valence-electron chi connectivity index (χ0n) is 14.5. The summed E-state index contributed by atoms with van der Waals surface area (Å²) in [5, 5.41) is 12.5. The van der Waals surface area contributed by atoms with E-state index in [4.69, 9.17) is 9.47 Å². The van der Waals surface area contributed by atoms with Crippen LogP contribution in [0.2, 0.25) is 0 Å². The van der Waals surface area contributed by atoms with Crippen molar-refractivity contribution in [3.8, 4) is 5.75 Å². The fraction of sp³-hybridized carbons (Fsp3) is 0.300. The predicted octanol–water partition coefficient (Wildman–Crippen LogP) is 3.24. The van der Waals surface area contributed by atoms with Gasteiger partial charge in [-0.1, -0.05) is 36.4 Å². The highest BCUT2D eigenvalue weighted by Gasteiger charge is 2.45. The molecule has 0 fully saturated rings. The first kappa shape index (κ1) is 17.8. The number of hydrogen-bond donors (Lipinski definition) is 2. The number of aryl methyl sites for hydroxylation is 1. The number of alkyl carbamates (subject to hydrolysis) is 1. The van der Waals surface area contributed by atoms with Crippen molar-refractivity contribution in [3.63, 3.8) is 0 Å². The van der Waals surface area contributed by atoms with Gasteiger partial charge in [0.05, 0.1) is 7.11 Å². The number of carbonyl (C=O) groups excluding carboxylic acids is 1. The Morgan fingerprint density at radius 3 is 2.65 bits per heavy atom. The first-order valence-electron chi connectivity index (χ1n) is 8.45. The number of methoxy groups -OCH3 is 1. The van der Waals surface area contributed by atoms with Crippen molar-refractivity contribution < 1.29 is 24.2 Å². The second kappa shape index (κ2) is 7.47. The number of hydrogen-bond acceptors (Lipinski definition) is 4. The average Bonchev–Trinajstić information content (AvgIpc) is 2.66. The molecule has 2 aromatic carbocycles. The number of rotatable bonds is 5. The van der Waals surface area contributed by atoms with Crippen LogP contribution in [0.5, 0.6) is 5.75 Å². The van der Waals surface area contributed by atoms with Crippen molar-refractivity contribution in [2.45, 2.75) is 31.4 Å². The zero-order valence-corrected chi connectivity index (χ0v) is 14.5. The topological polar surface area (TPSA) is 84.9 Å². The van der Waals surface area contributed by atoms with Gasteiger partial charge in [0.1, 0.15) is 12.4 Å². The normalized spacial score (nSPS) is 18.5. The lowest BCUT2D eigenvalue weighted by Crippen LogP contribution is -2.53. The minimum Gasteiger partial charge on any atom is -0.497 e. The number of carboxylic acids is 1. The van der Waals surface area contributed by atoms with E-state index in [1.807, 2.05) is 36.4 Å². The van der Waals surface area contributed by atoms with Gasteiger partial charge in [0.2, 0.25) is 0 Å². The molecule has 3 rings (SSSR count). The van der Waals surface area contributed by atoms with Gasteiger partial charge in [0, 0.05) is 0 Å². The minimum absolute atomic E-state index is 0.0812. The second-order valence-electron chi connectivity index (χ2n) is 6.27. The molecule has 1 aliphatic carbocycles. The monoisotopic (exact) mass is 355 g/mol. The standard InChI is InChI=1S/C20H21NO5/c1-25-16-9-10-17-15(12-16)8-5-11-20(17,18(22)23)21-19(24)26-13-14-6-3-2-4-7-14/h2-4,6-7,9-10,12H,5,8,11,13H2,1H3,(H,21,24)(H,22,23). The Balaban J connectivity index is 1.81. The molecule has 0 saturated carbocycles. The molecule has 1 unspecified atom stereocenters. The summed E-state index contributed by atoms with van der Waals surface area (Å²) in [5.74, 6) is -0.433. The third kappa shape index (κ3) is 3.49. The van der Waals surface area contributed by atoms with Gasteiger partial charge in [-0.3, -0.25) is 0 Å². The summed E-state index contributed by atoms with van der Waals surface area (Å²) >= 11 is 0. The van der Waals surface area contributed by atoms with E-state index >= 15 is 0 Å². The summed E-state index contributed by atoms with van der Waals surface area (Å²) in [6.45, 7) is 0.0812. The molecule has 0 spiro atoms. The van der Waals surface area contributed by atoms with E-state index in [0.717, 1.165) is 17.5 Å². The Morgan fingerprint density at radius 1 is 1.19 bits per heavy atom. The van der Waals surface area contributed by atoms with Crippen LogP contribution >= 0.6 is 0 Å². The number of amides is 1. The molecule has 0 radical (unpaired) electrons. The number of aliphatic carboxylic acids is 1. The number of carboxylic acid groups (broad SMARTS) is 1. The molecule has 0 aliphatic heterocycles. The summed E-state index contributed by atoms with van der Waals surface area (Å²) in [6, 6.07) is 14.5. The van der Waals surface area contributed by atoms with Crippen LogP contribution in [0, 0.1) is 0 Å². The number of ether oxygens (including phenoxy) is 2. The summed E-state index contributed by atoms with van der Waals surface area (Å²) < 4.78 is 10.4. The number of carbonyl (C=O) groups is 2. The second-order valence-corrected chi connectivity index (χ2v) is 6.27. The zero-order chi connectivity index (χ0) is 18.6. The SMILES string of the molecule is COc1ccc2c(c1)CCCC2(NC(=O)OCc1ccccc1)C(=O)O. The third-order valence-corrected chi connectivity index (χ3v) is 4.66. The van der Waals surface area contributed by atoms with Crippen LogP contribution in [-0.2, 0) is 28.1 Å². The Bertz CT molecular complexity index is 805. The molecular formula is C20H21NO5. The van der Waals surface area contributed by atoms with Gasteiger partial charge < -0.3 is 19.9 Å². The highest BCUT2D eigenvalue weighted by Crippen LogP contribution is 2.37. The first-order chi connectivity index (χ1) is 12.5. The maximum Gasteiger partial charge on any atom is 0.408 e. The van der Waals surface area contributed by atoms with Crippen LogP contribution < -0.4 is 10.1 Å². The van der Waals surface area contributed by atoms with Gasteiger partial charge in [0.25, 0.3) is 0 Å². The first-order valence-corrected chi connectivity index (χ1v) is 8.45. The fourth-order valence-corrected chi connectivity index (χ4v) is 3.34. The molecule has 2 N–H and O–H groups in total. The molecule has 136 valence electrons. The summed E-state index contributed by atoms with van der Waals surface area (Å²) in [7, 11) is 1.56. The van der Waals surface area contributed by atoms with E-state index in [-0.39, 0.29) is 6.61 Å². The highest BCUT2D eigenvalue weighted by atomic mass is 16.5. The van der Waals surface area contributed by atoms with Gasteiger partial charge in [0.15, 0.2) is 5.54 Å². The highest BCUT2D eigenvalue weighted by molar-refractivity contribution is 5.86. The molecule has 1 atom stereocenters. The number of nitrogens with one attached hydrogen (secondary N) is 1. The molecule has 0 saturated heterocycles. The van der Waals surface area contributed by atoms with E-state index in [1.54, 1.807) is 19.2 Å². The van der Waals surface area contributed by atoms with Gasteiger partial charge in [-0.05, 0) is 48.1 Å². The lowest BCUT2D eigenvalue weighted by Gasteiger charge is -2.35. The maximum absolute atomic E-state index is 12.3. The Labute approximate surface area is 151 Å². The Kier molecular flexibility index (Phi) is 5.11. The van der Waals surface area contributed by atoms with Crippen molar-refractivity contribution >= 4 is 12.1 Å². The van der Waals surface area contributed by atoms with Gasteiger partial charge in [-0.15, -0.1) is 0 Å². The summed E-state index contributed by atoms with van der Waals surface area (Å²) in [6.07, 6.45) is 0.940. The molecule has 0 bridgehead atoms. The summed E-state index contributed by atoms with van der Waals surface area (Å²) in [4.78, 5) is 24.4. The van der Waals surface area contributed by atoms with Crippen molar-refractivity contribution in [3.05, 3.63) is 65.2 Å². The van der Waals surface area contributed by atoms with E-state index < -0.39 is 17.6 Å². The molecule has 26 heavy (non-hydrogen) atoms. The Hall–Kier alpha value is -3.02.